The maximum absolute atomic E-state index is 11.2. The summed E-state index contributed by atoms with van der Waals surface area (Å²) >= 11 is 15.4. The molecule has 0 saturated heterocycles. The summed E-state index contributed by atoms with van der Waals surface area (Å²) in [5.74, 6) is -0.204. The first-order chi connectivity index (χ1) is 8.14. The Kier molecular flexibility index (Phi) is 9.36. The number of carbonyl (C=O) groups excluding carboxylic acids is 1. The van der Waals surface area contributed by atoms with Gasteiger partial charge >= 0.3 is 0 Å². The van der Waals surface area contributed by atoms with E-state index < -0.39 is 15.0 Å². The summed E-state index contributed by atoms with van der Waals surface area (Å²) in [7, 11) is 0. The second-order valence-electron chi connectivity index (χ2n) is 3.14. The lowest BCUT2D eigenvalue weighted by atomic mass is 10.5. The molecule has 0 aromatic carbocycles. The SMILES string of the molecule is CCOP(=S)(NC(NC(C)=O)C(Br)(Br)Br)OCC. The summed E-state index contributed by atoms with van der Waals surface area (Å²) in [5.41, 5.74) is 0. The highest BCUT2D eigenvalue weighted by Crippen LogP contribution is 2.47. The molecule has 10 heteroatoms. The molecule has 108 valence electrons. The summed E-state index contributed by atoms with van der Waals surface area (Å²) < 4.78 is 10.2. The molecule has 0 radical (unpaired) electrons. The number of carbonyl (C=O) groups is 1. The molecular weight excluding hydrogens is 475 g/mol. The van der Waals surface area contributed by atoms with Crippen molar-refractivity contribution in [3.05, 3.63) is 0 Å². The van der Waals surface area contributed by atoms with E-state index in [4.69, 9.17) is 20.9 Å². The lowest BCUT2D eigenvalue weighted by Crippen LogP contribution is -2.51. The average Bonchev–Trinajstić information content (AvgIpc) is 2.14. The first-order valence-corrected chi connectivity index (χ1v) is 10.2. The van der Waals surface area contributed by atoms with E-state index in [2.05, 4.69) is 58.2 Å². The summed E-state index contributed by atoms with van der Waals surface area (Å²) in [6.07, 6.45) is -0.543. The first-order valence-electron chi connectivity index (χ1n) is 5.15. The van der Waals surface area contributed by atoms with Gasteiger partial charge in [-0.25, -0.2) is 5.09 Å². The smallest absolute Gasteiger partial charge is 0.262 e. The topological polar surface area (TPSA) is 59.6 Å². The molecule has 0 aliphatic heterocycles. The number of halogens is 3. The van der Waals surface area contributed by atoms with Crippen molar-refractivity contribution in [3.8, 4) is 0 Å². The molecule has 0 spiro atoms. The fourth-order valence-electron chi connectivity index (χ4n) is 1.00. The normalized spacial score (nSPS) is 14.3. The Hall–Kier alpha value is 1.44. The molecule has 1 atom stereocenters. The van der Waals surface area contributed by atoms with Crippen LogP contribution < -0.4 is 10.4 Å². The van der Waals surface area contributed by atoms with Crippen LogP contribution in [0.4, 0.5) is 0 Å². The fourth-order valence-corrected chi connectivity index (χ4v) is 4.64. The van der Waals surface area contributed by atoms with Gasteiger partial charge in [-0.05, 0) is 25.7 Å². The molecule has 0 rings (SSSR count). The van der Waals surface area contributed by atoms with Gasteiger partial charge in [-0.2, -0.15) is 0 Å². The minimum Gasteiger partial charge on any atom is -0.338 e. The van der Waals surface area contributed by atoms with Crippen molar-refractivity contribution in [2.45, 2.75) is 29.1 Å². The van der Waals surface area contributed by atoms with E-state index in [1.54, 1.807) is 0 Å². The van der Waals surface area contributed by atoms with Gasteiger partial charge in [0, 0.05) is 6.92 Å². The molecule has 0 heterocycles. The Morgan fingerprint density at radius 1 is 1.33 bits per heavy atom. The Labute approximate surface area is 138 Å². The van der Waals surface area contributed by atoms with E-state index in [1.807, 2.05) is 13.8 Å². The molecule has 5 nitrogen and oxygen atoms in total. The van der Waals surface area contributed by atoms with E-state index in [9.17, 15) is 4.79 Å². The number of hydrogen-bond donors (Lipinski definition) is 2. The van der Waals surface area contributed by atoms with E-state index in [-0.39, 0.29) is 5.91 Å². The summed E-state index contributed by atoms with van der Waals surface area (Å²) in [4.78, 5) is 11.2. The van der Waals surface area contributed by atoms with Crippen LogP contribution in [0.15, 0.2) is 0 Å². The largest absolute Gasteiger partial charge is 0.338 e. The zero-order valence-corrected chi connectivity index (χ0v) is 16.7. The predicted molar refractivity (Wildman–Crippen MR) is 87.8 cm³/mol. The minimum absolute atomic E-state index is 0.204. The second kappa shape index (κ2) is 8.67. The van der Waals surface area contributed by atoms with E-state index in [0.29, 0.717) is 13.2 Å². The van der Waals surface area contributed by atoms with Gasteiger partial charge in [0.05, 0.1) is 13.2 Å². The van der Waals surface area contributed by atoms with Crippen molar-refractivity contribution < 1.29 is 13.8 Å². The van der Waals surface area contributed by atoms with E-state index in [1.165, 1.54) is 6.92 Å². The van der Waals surface area contributed by atoms with Gasteiger partial charge in [0.2, 0.25) is 5.91 Å². The first kappa shape index (κ1) is 19.4. The number of amides is 1. The lowest BCUT2D eigenvalue weighted by Gasteiger charge is -2.32. The lowest BCUT2D eigenvalue weighted by molar-refractivity contribution is -0.119. The van der Waals surface area contributed by atoms with Gasteiger partial charge < -0.3 is 14.4 Å². The maximum Gasteiger partial charge on any atom is 0.262 e. The third-order valence-electron chi connectivity index (χ3n) is 1.56. The standard InChI is InChI=1S/C8H16Br3N2O3PS/c1-4-15-17(18,16-5-2)13-7(8(9,10)11)12-6(3)14/h7H,4-5H2,1-3H3,(H,12,14)(H,13,18). The number of hydrogen-bond acceptors (Lipinski definition) is 4. The number of alkyl halides is 3. The molecule has 0 bridgehead atoms. The van der Waals surface area contributed by atoms with E-state index >= 15 is 0 Å². The van der Waals surface area contributed by atoms with Crippen LogP contribution in [0.5, 0.6) is 0 Å². The molecule has 0 aliphatic carbocycles. The van der Waals surface area contributed by atoms with Gasteiger partial charge in [0.15, 0.2) is 2.14 Å². The Morgan fingerprint density at radius 2 is 1.78 bits per heavy atom. The highest BCUT2D eigenvalue weighted by atomic mass is 80.0. The minimum atomic E-state index is -2.65. The van der Waals surface area contributed by atoms with Crippen LogP contribution in [-0.4, -0.2) is 27.4 Å². The van der Waals surface area contributed by atoms with Gasteiger partial charge in [0.1, 0.15) is 6.17 Å². The molecule has 0 saturated carbocycles. The van der Waals surface area contributed by atoms with Crippen molar-refractivity contribution in [2.75, 3.05) is 13.2 Å². The number of nitrogens with one attached hydrogen (secondary N) is 2. The van der Waals surface area contributed by atoms with Crippen molar-refractivity contribution in [2.24, 2.45) is 0 Å². The van der Waals surface area contributed by atoms with Gasteiger partial charge in [-0.3, -0.25) is 4.79 Å². The Morgan fingerprint density at radius 3 is 2.06 bits per heavy atom. The highest BCUT2D eigenvalue weighted by Gasteiger charge is 2.36. The van der Waals surface area contributed by atoms with Crippen LogP contribution in [0, 0.1) is 0 Å². The van der Waals surface area contributed by atoms with Crippen LogP contribution in [0.25, 0.3) is 0 Å². The molecule has 18 heavy (non-hydrogen) atoms. The molecule has 0 aromatic rings. The fraction of sp³-hybridized carbons (Fsp3) is 0.875. The predicted octanol–water partition coefficient (Wildman–Crippen LogP) is 3.17. The number of rotatable bonds is 7. The van der Waals surface area contributed by atoms with Crippen LogP contribution >= 0.6 is 54.4 Å². The van der Waals surface area contributed by atoms with E-state index in [0.717, 1.165) is 0 Å². The van der Waals surface area contributed by atoms with Crippen LogP contribution in [0.3, 0.4) is 0 Å². The third kappa shape index (κ3) is 7.89. The Bertz CT molecular complexity index is 317. The molecular formula is C8H16Br3N2O3PS. The van der Waals surface area contributed by atoms with Crippen LogP contribution in [0.1, 0.15) is 20.8 Å². The monoisotopic (exact) mass is 488 g/mol. The molecule has 2 N–H and O–H groups in total. The van der Waals surface area contributed by atoms with Crippen molar-refractivity contribution in [3.63, 3.8) is 0 Å². The molecule has 0 fully saturated rings. The molecule has 1 amide bonds. The maximum atomic E-state index is 11.2. The van der Waals surface area contributed by atoms with Gasteiger partial charge in [-0.1, -0.05) is 47.8 Å². The van der Waals surface area contributed by atoms with Crippen LogP contribution in [0.2, 0.25) is 0 Å². The third-order valence-corrected chi connectivity index (χ3v) is 5.65. The zero-order chi connectivity index (χ0) is 14.4. The van der Waals surface area contributed by atoms with Crippen molar-refractivity contribution in [1.29, 1.82) is 0 Å². The average molecular weight is 491 g/mol. The molecule has 0 aromatic heterocycles. The van der Waals surface area contributed by atoms with Gasteiger partial charge in [0.25, 0.3) is 6.64 Å². The Balaban J connectivity index is 4.91. The molecule has 0 aliphatic rings. The summed E-state index contributed by atoms with van der Waals surface area (Å²) in [6.45, 7) is 3.28. The van der Waals surface area contributed by atoms with Gasteiger partial charge in [-0.15, -0.1) is 0 Å². The second-order valence-corrected chi connectivity index (χ2v) is 13.3. The quantitative estimate of drug-likeness (QED) is 0.326. The van der Waals surface area contributed by atoms with Crippen molar-refractivity contribution >= 4 is 72.1 Å². The zero-order valence-electron chi connectivity index (χ0n) is 10.2. The molecule has 1 unspecified atom stereocenters. The summed E-state index contributed by atoms with van der Waals surface area (Å²) in [6, 6.07) is 0. The summed E-state index contributed by atoms with van der Waals surface area (Å²) in [5, 5.41) is 5.72. The van der Waals surface area contributed by atoms with Crippen LogP contribution in [-0.2, 0) is 25.6 Å². The van der Waals surface area contributed by atoms with Crippen molar-refractivity contribution in [1.82, 2.24) is 10.4 Å². The highest BCUT2D eigenvalue weighted by molar-refractivity contribution is 9.39.